The molecule has 0 rings (SSSR count). The lowest BCUT2D eigenvalue weighted by Gasteiger charge is -2.21. The predicted molar refractivity (Wildman–Crippen MR) is 70.7 cm³/mol. The standard InChI is InChI=1S/C7H15ClO8P2S/c1-4-6-14-17(9,13-5-2)16-18(10,19(11)12)15-7(3)8/h10H,3-6H2,1-2H3. The molecule has 0 aliphatic carbocycles. The van der Waals surface area contributed by atoms with Gasteiger partial charge in [0.15, 0.2) is 0 Å². The van der Waals surface area contributed by atoms with Crippen LogP contribution in [0, 0.1) is 0 Å². The van der Waals surface area contributed by atoms with Crippen molar-refractivity contribution in [2.45, 2.75) is 20.3 Å². The van der Waals surface area contributed by atoms with E-state index in [9.17, 15) is 18.2 Å². The summed E-state index contributed by atoms with van der Waals surface area (Å²) in [7, 11) is -12.2. The molecule has 0 fully saturated rings. The lowest BCUT2D eigenvalue weighted by Crippen LogP contribution is -2.09. The fourth-order valence-electron chi connectivity index (χ4n) is 0.771. The second kappa shape index (κ2) is 8.67. The molecule has 8 nitrogen and oxygen atoms in total. The monoisotopic (exact) mass is 356 g/mol. The van der Waals surface area contributed by atoms with E-state index < -0.39 is 30.9 Å². The third-order valence-corrected chi connectivity index (χ3v) is 7.01. The second-order valence-corrected chi connectivity index (χ2v) is 9.23. The average Bonchev–Trinajstić information content (AvgIpc) is 2.25. The summed E-state index contributed by atoms with van der Waals surface area (Å²) in [4.78, 5) is 9.70. The Hall–Kier alpha value is 0.440. The Morgan fingerprint density at radius 3 is 2.47 bits per heavy atom. The maximum absolute atomic E-state index is 12.0. The van der Waals surface area contributed by atoms with Crippen LogP contribution in [0.2, 0.25) is 0 Å². The second-order valence-electron chi connectivity index (χ2n) is 2.91. The molecule has 0 amide bonds. The van der Waals surface area contributed by atoms with Crippen molar-refractivity contribution in [3.63, 3.8) is 0 Å². The van der Waals surface area contributed by atoms with Crippen LogP contribution >= 0.6 is 26.6 Å². The number of hydrogen-bond donors (Lipinski definition) is 1. The molecular weight excluding hydrogens is 342 g/mol. The van der Waals surface area contributed by atoms with Gasteiger partial charge in [0.05, 0.1) is 13.2 Å². The number of phosphoric ester groups is 1. The van der Waals surface area contributed by atoms with Crippen molar-refractivity contribution >= 4 is 37.3 Å². The van der Waals surface area contributed by atoms with Crippen molar-refractivity contribution in [1.29, 1.82) is 0 Å². The molecule has 114 valence electrons. The van der Waals surface area contributed by atoms with Crippen molar-refractivity contribution in [3.8, 4) is 0 Å². The lowest BCUT2D eigenvalue weighted by atomic mass is 10.5. The summed E-state index contributed by atoms with van der Waals surface area (Å²) < 4.78 is 52.3. The van der Waals surface area contributed by atoms with E-state index in [4.69, 9.17) is 20.6 Å². The molecule has 0 bridgehead atoms. The Morgan fingerprint density at radius 1 is 1.53 bits per heavy atom. The third kappa shape index (κ3) is 7.13. The molecule has 0 aliphatic rings. The molecule has 0 aromatic rings. The summed E-state index contributed by atoms with van der Waals surface area (Å²) in [6.45, 7) is 6.14. The molecule has 0 spiro atoms. The predicted octanol–water partition coefficient (Wildman–Crippen LogP) is 2.85. The summed E-state index contributed by atoms with van der Waals surface area (Å²) in [6, 6.07) is 0. The van der Waals surface area contributed by atoms with Crippen LogP contribution in [0.1, 0.15) is 20.3 Å². The first-order chi connectivity index (χ1) is 8.69. The van der Waals surface area contributed by atoms with Crippen LogP contribution in [-0.2, 0) is 33.1 Å². The van der Waals surface area contributed by atoms with Gasteiger partial charge in [-0.1, -0.05) is 6.92 Å². The minimum atomic E-state index is -4.62. The lowest BCUT2D eigenvalue weighted by molar-refractivity contribution is 0.151. The number of hydrogen-bond acceptors (Lipinski definition) is 8. The molecule has 0 aliphatic heterocycles. The van der Waals surface area contributed by atoms with Crippen molar-refractivity contribution < 1.29 is 36.1 Å². The van der Waals surface area contributed by atoms with Gasteiger partial charge in [0.2, 0.25) is 15.9 Å². The van der Waals surface area contributed by atoms with Crippen LogP contribution in [0.4, 0.5) is 0 Å². The average molecular weight is 357 g/mol. The van der Waals surface area contributed by atoms with E-state index in [0.29, 0.717) is 6.42 Å². The highest BCUT2D eigenvalue weighted by atomic mass is 35.5. The maximum Gasteiger partial charge on any atom is 0.549 e. The summed E-state index contributed by atoms with van der Waals surface area (Å²) in [5.41, 5.74) is 0. The van der Waals surface area contributed by atoms with Crippen molar-refractivity contribution in [3.05, 3.63) is 11.8 Å². The third-order valence-electron chi connectivity index (χ3n) is 1.35. The highest BCUT2D eigenvalue weighted by Gasteiger charge is 2.55. The van der Waals surface area contributed by atoms with E-state index >= 15 is 0 Å². The molecule has 0 saturated heterocycles. The van der Waals surface area contributed by atoms with Crippen LogP contribution in [-0.4, -0.2) is 26.9 Å². The Balaban J connectivity index is 5.09. The Labute approximate surface area is 119 Å². The summed E-state index contributed by atoms with van der Waals surface area (Å²) in [5, 5.41) is -0.640. The van der Waals surface area contributed by atoms with Crippen molar-refractivity contribution in [1.82, 2.24) is 0 Å². The van der Waals surface area contributed by atoms with Crippen molar-refractivity contribution in [2.75, 3.05) is 13.2 Å². The van der Waals surface area contributed by atoms with Gasteiger partial charge in [0.1, 0.15) is 0 Å². The molecule has 12 heteroatoms. The van der Waals surface area contributed by atoms with Crippen LogP contribution in [0.3, 0.4) is 0 Å². The van der Waals surface area contributed by atoms with Crippen LogP contribution in [0.5, 0.6) is 0 Å². The van der Waals surface area contributed by atoms with Gasteiger partial charge in [-0.15, -0.1) is 0 Å². The van der Waals surface area contributed by atoms with Crippen LogP contribution in [0.25, 0.3) is 0 Å². The normalized spacial score (nSPS) is 19.2. The fourth-order valence-corrected chi connectivity index (χ4v) is 5.70. The fraction of sp³-hybridized carbons (Fsp3) is 0.714. The minimum absolute atomic E-state index is 0.0232. The molecular formula is C7H15ClO8P2S. The largest absolute Gasteiger partial charge is 0.733 e. The molecule has 0 radical (unpaired) electrons. The number of rotatable bonds is 10. The van der Waals surface area contributed by atoms with Gasteiger partial charge >= 0.3 is 15.0 Å². The maximum atomic E-state index is 12.0. The summed E-state index contributed by atoms with van der Waals surface area (Å²) >= 11 is 5.24. The van der Waals surface area contributed by atoms with E-state index in [0.717, 1.165) is 0 Å². The molecule has 1 N–H and O–H groups in total. The van der Waals surface area contributed by atoms with Crippen LogP contribution < -0.4 is 0 Å². The van der Waals surface area contributed by atoms with Crippen LogP contribution in [0.15, 0.2) is 11.8 Å². The van der Waals surface area contributed by atoms with E-state index in [-0.39, 0.29) is 13.2 Å². The quantitative estimate of drug-likeness (QED) is 0.361. The minimum Gasteiger partial charge on any atom is -0.733 e. The highest BCUT2D eigenvalue weighted by Crippen LogP contribution is 2.72. The molecule has 0 heterocycles. The molecule has 0 aromatic heterocycles. The van der Waals surface area contributed by atoms with E-state index in [2.05, 4.69) is 15.4 Å². The number of phosphoric acid groups is 1. The van der Waals surface area contributed by atoms with Gasteiger partial charge in [-0.25, -0.2) is 8.77 Å². The first-order valence-electron chi connectivity index (χ1n) is 5.05. The Kier molecular flexibility index (Phi) is 8.87. The Bertz CT molecular complexity index is 380. The summed E-state index contributed by atoms with van der Waals surface area (Å²) in [5.74, 6) is 0. The van der Waals surface area contributed by atoms with E-state index in [1.807, 2.05) is 0 Å². The van der Waals surface area contributed by atoms with E-state index in [1.54, 1.807) is 6.92 Å². The molecule has 0 saturated carbocycles. The zero-order chi connectivity index (χ0) is 15.1. The molecule has 0 aromatic carbocycles. The first-order valence-corrected chi connectivity index (χ1v) is 10.1. The molecule has 3 atom stereocenters. The van der Waals surface area contributed by atoms with Gasteiger partial charge in [-0.05, 0) is 35.8 Å². The van der Waals surface area contributed by atoms with Gasteiger partial charge in [-0.3, -0.25) is 13.6 Å². The smallest absolute Gasteiger partial charge is 0.549 e. The van der Waals surface area contributed by atoms with Crippen molar-refractivity contribution in [2.24, 2.45) is 0 Å². The summed E-state index contributed by atoms with van der Waals surface area (Å²) in [6.07, 6.45) is 0.473. The highest BCUT2D eigenvalue weighted by molar-refractivity contribution is 8.46. The topological polar surface area (TPSA) is 114 Å². The van der Waals surface area contributed by atoms with Gasteiger partial charge in [0, 0.05) is 0 Å². The van der Waals surface area contributed by atoms with Gasteiger partial charge < -0.3 is 4.55 Å². The zero-order valence-corrected chi connectivity index (χ0v) is 13.7. The molecule has 3 unspecified atom stereocenters. The SMILES string of the molecule is C=C(Cl)O[P+](O)(OP(=O)(OCC)OCCC)S(=O)[O-]. The zero-order valence-electron chi connectivity index (χ0n) is 10.3. The Morgan fingerprint density at radius 2 is 2.11 bits per heavy atom. The molecule has 19 heavy (non-hydrogen) atoms. The van der Waals surface area contributed by atoms with Gasteiger partial charge in [0.25, 0.3) is 0 Å². The van der Waals surface area contributed by atoms with E-state index in [1.165, 1.54) is 6.92 Å². The number of halogens is 1. The van der Waals surface area contributed by atoms with Gasteiger partial charge in [-0.2, -0.15) is 4.89 Å². The first kappa shape index (κ1) is 19.4.